The van der Waals surface area contributed by atoms with Gasteiger partial charge in [0.05, 0.1) is 5.75 Å². The van der Waals surface area contributed by atoms with Gasteiger partial charge in [-0.2, -0.15) is 0 Å². The Hall–Kier alpha value is -0.870. The van der Waals surface area contributed by atoms with Crippen LogP contribution in [-0.4, -0.2) is 21.1 Å². The van der Waals surface area contributed by atoms with Crippen LogP contribution in [0.3, 0.4) is 0 Å². The molecule has 1 rings (SSSR count). The van der Waals surface area contributed by atoms with Gasteiger partial charge in [-0.05, 0) is 24.6 Å². The smallest absolute Gasteiger partial charge is 0.154 e. The van der Waals surface area contributed by atoms with Crippen LogP contribution in [-0.2, 0) is 11.1 Å². The van der Waals surface area contributed by atoms with Crippen molar-refractivity contribution in [2.24, 2.45) is 0 Å². The van der Waals surface area contributed by atoms with Gasteiger partial charge in [0.15, 0.2) is 11.1 Å². The van der Waals surface area contributed by atoms with Crippen molar-refractivity contribution in [3.05, 3.63) is 29.8 Å². The fourth-order valence-electron chi connectivity index (χ4n) is 1.04. The first-order valence-corrected chi connectivity index (χ1v) is 5.34. The van der Waals surface area contributed by atoms with E-state index in [2.05, 4.69) is 5.32 Å². The van der Waals surface area contributed by atoms with Crippen molar-refractivity contribution in [2.45, 2.75) is 6.92 Å². The van der Waals surface area contributed by atoms with Crippen LogP contribution in [0.25, 0.3) is 0 Å². The average Bonchev–Trinajstić information content (AvgIpc) is 2.03. The van der Waals surface area contributed by atoms with Crippen molar-refractivity contribution in [2.75, 3.05) is 17.6 Å². The maximum absolute atomic E-state index is 10.3. The molecule has 1 aromatic rings. The Morgan fingerprint density at radius 1 is 1.54 bits per heavy atom. The van der Waals surface area contributed by atoms with Gasteiger partial charge in [-0.25, -0.2) is 4.21 Å². The minimum atomic E-state index is -1.71. The maximum atomic E-state index is 10.3. The third kappa shape index (κ3) is 4.05. The van der Waals surface area contributed by atoms with Gasteiger partial charge in [0, 0.05) is 12.2 Å². The van der Waals surface area contributed by atoms with Crippen LogP contribution in [0.4, 0.5) is 5.69 Å². The molecule has 2 N–H and O–H groups in total. The number of hydrogen-bond donors (Lipinski definition) is 2. The number of aryl methyl sites for hydroxylation is 1. The fraction of sp³-hybridized carbons (Fsp3) is 0.333. The normalized spacial score (nSPS) is 12.5. The zero-order valence-electron chi connectivity index (χ0n) is 7.49. The molecule has 0 radical (unpaired) electrons. The quantitative estimate of drug-likeness (QED) is 0.725. The predicted molar refractivity (Wildman–Crippen MR) is 55.3 cm³/mol. The van der Waals surface area contributed by atoms with Gasteiger partial charge in [-0.1, -0.05) is 12.1 Å². The molecule has 4 heteroatoms. The van der Waals surface area contributed by atoms with E-state index in [9.17, 15) is 4.21 Å². The molecule has 0 aliphatic carbocycles. The second kappa shape index (κ2) is 4.99. The van der Waals surface area contributed by atoms with Crippen molar-refractivity contribution < 1.29 is 8.76 Å². The van der Waals surface area contributed by atoms with E-state index in [0.29, 0.717) is 6.54 Å². The highest BCUT2D eigenvalue weighted by molar-refractivity contribution is 7.79. The lowest BCUT2D eigenvalue weighted by molar-refractivity contribution is 0.565. The van der Waals surface area contributed by atoms with Gasteiger partial charge in [0.25, 0.3) is 0 Å². The molecule has 0 aromatic heterocycles. The number of benzene rings is 1. The van der Waals surface area contributed by atoms with Crippen molar-refractivity contribution in [1.82, 2.24) is 0 Å². The molecule has 1 unspecified atom stereocenters. The van der Waals surface area contributed by atoms with E-state index in [1.165, 1.54) is 5.56 Å². The largest absolute Gasteiger partial charge is 0.384 e. The summed E-state index contributed by atoms with van der Waals surface area (Å²) >= 11 is -1.71. The van der Waals surface area contributed by atoms with Gasteiger partial charge in [-0.15, -0.1) is 0 Å². The summed E-state index contributed by atoms with van der Waals surface area (Å²) in [5.41, 5.74) is 2.17. The summed E-state index contributed by atoms with van der Waals surface area (Å²) in [5.74, 6) is 0.258. The minimum Gasteiger partial charge on any atom is -0.384 e. The van der Waals surface area contributed by atoms with Gasteiger partial charge in [-0.3, -0.25) is 0 Å². The van der Waals surface area contributed by atoms with Crippen LogP contribution in [0.2, 0.25) is 0 Å². The molecule has 0 heterocycles. The molecule has 1 atom stereocenters. The first-order chi connectivity index (χ1) is 6.18. The van der Waals surface area contributed by atoms with E-state index in [1.54, 1.807) is 0 Å². The first-order valence-electron chi connectivity index (χ1n) is 4.06. The molecule has 1 aromatic carbocycles. The fourth-order valence-corrected chi connectivity index (χ4v) is 1.31. The maximum Gasteiger partial charge on any atom is 0.154 e. The molecule has 3 nitrogen and oxygen atoms in total. The molecule has 13 heavy (non-hydrogen) atoms. The highest BCUT2D eigenvalue weighted by atomic mass is 32.2. The molecule has 0 aliphatic heterocycles. The van der Waals surface area contributed by atoms with E-state index in [0.717, 1.165) is 5.69 Å². The summed E-state index contributed by atoms with van der Waals surface area (Å²) in [7, 11) is 0. The summed E-state index contributed by atoms with van der Waals surface area (Å²) < 4.78 is 18.8. The van der Waals surface area contributed by atoms with Crippen molar-refractivity contribution >= 4 is 16.8 Å². The lowest BCUT2D eigenvalue weighted by Crippen LogP contribution is -2.09. The Labute approximate surface area is 80.5 Å². The van der Waals surface area contributed by atoms with Crippen LogP contribution >= 0.6 is 0 Å². The molecule has 0 spiro atoms. The topological polar surface area (TPSA) is 49.3 Å². The van der Waals surface area contributed by atoms with E-state index in [1.807, 2.05) is 31.2 Å². The van der Waals surface area contributed by atoms with E-state index >= 15 is 0 Å². The second-order valence-corrected chi connectivity index (χ2v) is 3.87. The van der Waals surface area contributed by atoms with E-state index in [-0.39, 0.29) is 5.75 Å². The molecule has 0 amide bonds. The molecule has 0 fully saturated rings. The summed E-state index contributed by atoms with van der Waals surface area (Å²) in [6.07, 6.45) is 0. The first kappa shape index (κ1) is 10.2. The number of nitrogens with one attached hydrogen (secondary N) is 1. The average molecular weight is 199 g/mol. The second-order valence-electron chi connectivity index (χ2n) is 2.82. The van der Waals surface area contributed by atoms with Crippen LogP contribution < -0.4 is 5.32 Å². The van der Waals surface area contributed by atoms with Gasteiger partial charge >= 0.3 is 0 Å². The lowest BCUT2D eigenvalue weighted by atomic mass is 10.2. The third-order valence-corrected chi connectivity index (χ3v) is 2.18. The third-order valence-electron chi connectivity index (χ3n) is 1.62. The Morgan fingerprint density at radius 2 is 2.31 bits per heavy atom. The minimum absolute atomic E-state index is 0.258. The Bertz CT molecular complexity index is 301. The molecule has 0 aliphatic rings. The number of rotatable bonds is 4. The highest BCUT2D eigenvalue weighted by Crippen LogP contribution is 2.08. The SMILES string of the molecule is Cc1cccc(NCCS(=O)O)c1. The van der Waals surface area contributed by atoms with Gasteiger partial charge in [0.2, 0.25) is 0 Å². The zero-order chi connectivity index (χ0) is 9.68. The molecule has 72 valence electrons. The summed E-state index contributed by atoms with van der Waals surface area (Å²) in [6, 6.07) is 7.90. The zero-order valence-corrected chi connectivity index (χ0v) is 8.30. The Kier molecular flexibility index (Phi) is 3.92. The van der Waals surface area contributed by atoms with Crippen molar-refractivity contribution in [3.8, 4) is 0 Å². The molecular weight excluding hydrogens is 186 g/mol. The standard InChI is InChI=1S/C9H13NO2S/c1-8-3-2-4-9(7-8)10-5-6-13(11)12/h2-4,7,10H,5-6H2,1H3,(H,11,12). The number of hydrogen-bond acceptors (Lipinski definition) is 2. The van der Waals surface area contributed by atoms with Crippen LogP contribution in [0.15, 0.2) is 24.3 Å². The summed E-state index contributed by atoms with van der Waals surface area (Å²) in [6.45, 7) is 2.53. The monoisotopic (exact) mass is 199 g/mol. The van der Waals surface area contributed by atoms with Gasteiger partial charge in [0.1, 0.15) is 0 Å². The lowest BCUT2D eigenvalue weighted by Gasteiger charge is -2.04. The molecular formula is C9H13NO2S. The van der Waals surface area contributed by atoms with Crippen molar-refractivity contribution in [1.29, 1.82) is 0 Å². The Morgan fingerprint density at radius 3 is 2.92 bits per heavy atom. The summed E-state index contributed by atoms with van der Waals surface area (Å²) in [5, 5.41) is 3.06. The van der Waals surface area contributed by atoms with Crippen molar-refractivity contribution in [3.63, 3.8) is 0 Å². The Balaban J connectivity index is 2.41. The van der Waals surface area contributed by atoms with Crippen LogP contribution in [0.5, 0.6) is 0 Å². The molecule has 0 bridgehead atoms. The highest BCUT2D eigenvalue weighted by Gasteiger charge is 1.94. The van der Waals surface area contributed by atoms with Crippen LogP contribution in [0, 0.1) is 6.92 Å². The predicted octanol–water partition coefficient (Wildman–Crippen LogP) is 1.63. The molecule has 0 saturated carbocycles. The number of anilines is 1. The summed E-state index contributed by atoms with van der Waals surface area (Å²) in [4.78, 5) is 0. The van der Waals surface area contributed by atoms with E-state index < -0.39 is 11.1 Å². The van der Waals surface area contributed by atoms with E-state index in [4.69, 9.17) is 4.55 Å². The van der Waals surface area contributed by atoms with Gasteiger partial charge < -0.3 is 9.87 Å². The molecule has 0 saturated heterocycles. The van der Waals surface area contributed by atoms with Crippen LogP contribution in [0.1, 0.15) is 5.56 Å².